The van der Waals surface area contributed by atoms with E-state index in [1.165, 1.54) is 0 Å². The molecule has 0 spiro atoms. The first-order chi connectivity index (χ1) is 15.0. The fraction of sp³-hybridized carbons (Fsp3) is 0.238. The summed E-state index contributed by atoms with van der Waals surface area (Å²) in [6.45, 7) is 1.97. The van der Waals surface area contributed by atoms with Crippen molar-refractivity contribution in [1.82, 2.24) is 14.8 Å². The number of ether oxygens (including phenoxy) is 3. The molecule has 9 nitrogen and oxygen atoms in total. The Morgan fingerprint density at radius 3 is 2.52 bits per heavy atom. The van der Waals surface area contributed by atoms with Crippen LogP contribution in [0.1, 0.15) is 6.92 Å². The maximum absolute atomic E-state index is 12.4. The first kappa shape index (κ1) is 22.2. The van der Waals surface area contributed by atoms with Crippen molar-refractivity contribution in [2.24, 2.45) is 12.1 Å². The van der Waals surface area contributed by atoms with Gasteiger partial charge in [-0.2, -0.15) is 5.10 Å². The lowest BCUT2D eigenvalue weighted by Gasteiger charge is -2.08. The van der Waals surface area contributed by atoms with Crippen LogP contribution in [0.3, 0.4) is 0 Å². The number of carbonyl (C=O) groups excluding carboxylic acids is 1. The number of nitrogens with zero attached hydrogens (tertiary/aromatic N) is 4. The van der Waals surface area contributed by atoms with Crippen LogP contribution in [-0.2, 0) is 16.6 Å². The van der Waals surface area contributed by atoms with E-state index in [9.17, 15) is 4.79 Å². The van der Waals surface area contributed by atoms with Crippen molar-refractivity contribution in [2.45, 2.75) is 12.1 Å². The van der Waals surface area contributed by atoms with Crippen molar-refractivity contribution in [3.63, 3.8) is 0 Å². The number of esters is 1. The zero-order chi connectivity index (χ0) is 22.2. The monoisotopic (exact) mass is 441 g/mol. The second-order valence-corrected chi connectivity index (χ2v) is 7.13. The van der Waals surface area contributed by atoms with Crippen molar-refractivity contribution in [2.75, 3.05) is 26.3 Å². The van der Waals surface area contributed by atoms with Crippen LogP contribution in [0.15, 0.2) is 58.8 Å². The molecule has 1 N–H and O–H groups in total. The predicted octanol–water partition coefficient (Wildman–Crippen LogP) is 3.58. The molecule has 0 saturated heterocycles. The largest absolute Gasteiger partial charge is 0.497 e. The highest BCUT2D eigenvalue weighted by atomic mass is 32.2. The molecule has 0 radical (unpaired) electrons. The smallest absolute Gasteiger partial charge is 0.365 e. The van der Waals surface area contributed by atoms with Crippen LogP contribution in [-0.4, -0.2) is 46.6 Å². The van der Waals surface area contributed by atoms with Crippen LogP contribution in [0.25, 0.3) is 11.4 Å². The molecule has 3 rings (SSSR count). The zero-order valence-electron chi connectivity index (χ0n) is 17.7. The Hall–Kier alpha value is -3.53. The lowest BCUT2D eigenvalue weighted by atomic mass is 10.2. The molecule has 3 aromatic rings. The lowest BCUT2D eigenvalue weighted by molar-refractivity contribution is -0.134. The van der Waals surface area contributed by atoms with Crippen LogP contribution in [0.5, 0.6) is 11.5 Å². The molecule has 1 aromatic heterocycles. The van der Waals surface area contributed by atoms with E-state index in [4.69, 9.17) is 14.2 Å². The number of hydrogen-bond acceptors (Lipinski definition) is 9. The van der Waals surface area contributed by atoms with Gasteiger partial charge in [-0.05, 0) is 55.1 Å². The summed E-state index contributed by atoms with van der Waals surface area (Å²) in [7, 11) is 5.01. The van der Waals surface area contributed by atoms with Gasteiger partial charge in [0.15, 0.2) is 11.0 Å². The minimum absolute atomic E-state index is 0.0986. The standard InChI is InChI=1S/C21H23N5O4S/c1-5-30-20(27)19(24-22-15-7-6-8-17(13-15)29-4)31-21-25-23-18(26(21)2)14-9-11-16(28-3)12-10-14/h6-13,22H,5H2,1-4H3/b24-19+. The molecule has 162 valence electrons. The molecule has 0 bridgehead atoms. The van der Waals surface area contributed by atoms with Crippen LogP contribution < -0.4 is 14.9 Å². The van der Waals surface area contributed by atoms with Crippen LogP contribution in [0.2, 0.25) is 0 Å². The summed E-state index contributed by atoms with van der Waals surface area (Å²) in [5, 5.41) is 13.3. The van der Waals surface area contributed by atoms with Gasteiger partial charge in [0.05, 0.1) is 26.5 Å². The van der Waals surface area contributed by atoms with Crippen molar-refractivity contribution in [3.8, 4) is 22.9 Å². The number of nitrogens with one attached hydrogen (secondary N) is 1. The molecular weight excluding hydrogens is 418 g/mol. The molecule has 0 aliphatic rings. The van der Waals surface area contributed by atoms with E-state index in [0.717, 1.165) is 23.1 Å². The van der Waals surface area contributed by atoms with Gasteiger partial charge in [0.25, 0.3) is 0 Å². The molecule has 0 atom stereocenters. The fourth-order valence-electron chi connectivity index (χ4n) is 2.59. The van der Waals surface area contributed by atoms with E-state index in [2.05, 4.69) is 20.7 Å². The molecule has 0 fully saturated rings. The minimum atomic E-state index is -0.558. The Bertz CT molecular complexity index is 1070. The number of benzene rings is 2. The van der Waals surface area contributed by atoms with Gasteiger partial charge in [-0.15, -0.1) is 10.2 Å². The first-order valence-electron chi connectivity index (χ1n) is 9.42. The SMILES string of the molecule is CCOC(=O)/C(=N\Nc1cccc(OC)c1)Sc1nnc(-c2ccc(OC)cc2)n1C. The van der Waals surface area contributed by atoms with Crippen molar-refractivity contribution >= 4 is 28.5 Å². The summed E-state index contributed by atoms with van der Waals surface area (Å²) < 4.78 is 17.3. The van der Waals surface area contributed by atoms with Gasteiger partial charge in [0.2, 0.25) is 5.04 Å². The molecule has 2 aromatic carbocycles. The summed E-state index contributed by atoms with van der Waals surface area (Å²) >= 11 is 1.06. The maximum Gasteiger partial charge on any atom is 0.365 e. The highest BCUT2D eigenvalue weighted by molar-refractivity contribution is 8.15. The van der Waals surface area contributed by atoms with Gasteiger partial charge >= 0.3 is 5.97 Å². The molecule has 1 heterocycles. The van der Waals surface area contributed by atoms with Crippen molar-refractivity contribution in [1.29, 1.82) is 0 Å². The Morgan fingerprint density at radius 1 is 1.10 bits per heavy atom. The average Bonchev–Trinajstić information content (AvgIpc) is 3.16. The van der Waals surface area contributed by atoms with E-state index < -0.39 is 5.97 Å². The van der Waals surface area contributed by atoms with Gasteiger partial charge in [-0.3, -0.25) is 5.43 Å². The van der Waals surface area contributed by atoms with Crippen LogP contribution >= 0.6 is 11.8 Å². The van der Waals surface area contributed by atoms with Crippen molar-refractivity contribution < 1.29 is 19.0 Å². The zero-order valence-corrected chi connectivity index (χ0v) is 18.5. The number of methoxy groups -OCH3 is 2. The van der Waals surface area contributed by atoms with E-state index in [1.807, 2.05) is 49.5 Å². The third-order valence-electron chi connectivity index (χ3n) is 4.18. The highest BCUT2D eigenvalue weighted by Crippen LogP contribution is 2.26. The topological polar surface area (TPSA) is 99.9 Å². The Kier molecular flexibility index (Phi) is 7.50. The number of carbonyl (C=O) groups is 1. The third-order valence-corrected chi connectivity index (χ3v) is 5.17. The van der Waals surface area contributed by atoms with Gasteiger partial charge in [0.1, 0.15) is 11.5 Å². The molecule has 0 unspecified atom stereocenters. The van der Waals surface area contributed by atoms with Gasteiger partial charge < -0.3 is 18.8 Å². The molecule has 31 heavy (non-hydrogen) atoms. The van der Waals surface area contributed by atoms with Gasteiger partial charge in [-0.1, -0.05) is 6.07 Å². The summed E-state index contributed by atoms with van der Waals surface area (Å²) in [5.41, 5.74) is 4.40. The highest BCUT2D eigenvalue weighted by Gasteiger charge is 2.20. The summed E-state index contributed by atoms with van der Waals surface area (Å²) in [6.07, 6.45) is 0. The minimum Gasteiger partial charge on any atom is -0.497 e. The van der Waals surface area contributed by atoms with E-state index >= 15 is 0 Å². The quantitative estimate of drug-likeness (QED) is 0.195. The Labute approximate surface area is 184 Å². The van der Waals surface area contributed by atoms with Crippen LogP contribution in [0, 0.1) is 0 Å². The molecular formula is C21H23N5O4S. The normalized spacial score (nSPS) is 11.2. The number of hydrazone groups is 1. The van der Waals surface area contributed by atoms with Gasteiger partial charge in [-0.25, -0.2) is 4.79 Å². The second kappa shape index (κ2) is 10.5. The molecule has 0 saturated carbocycles. The third kappa shape index (κ3) is 5.54. The fourth-order valence-corrected chi connectivity index (χ4v) is 3.30. The first-order valence-corrected chi connectivity index (χ1v) is 10.2. The lowest BCUT2D eigenvalue weighted by Crippen LogP contribution is -2.16. The summed E-state index contributed by atoms with van der Waals surface area (Å²) in [5.74, 6) is 1.51. The average molecular weight is 442 g/mol. The molecule has 0 aliphatic heterocycles. The van der Waals surface area contributed by atoms with E-state index in [1.54, 1.807) is 31.8 Å². The van der Waals surface area contributed by atoms with Crippen molar-refractivity contribution in [3.05, 3.63) is 48.5 Å². The second-order valence-electron chi connectivity index (χ2n) is 6.18. The van der Waals surface area contributed by atoms with Gasteiger partial charge in [0, 0.05) is 18.7 Å². The maximum atomic E-state index is 12.4. The summed E-state index contributed by atoms with van der Waals surface area (Å²) in [4.78, 5) is 12.4. The van der Waals surface area contributed by atoms with E-state index in [0.29, 0.717) is 22.4 Å². The number of hydrogen-bond donors (Lipinski definition) is 1. The van der Waals surface area contributed by atoms with Crippen LogP contribution in [0.4, 0.5) is 5.69 Å². The summed E-state index contributed by atoms with van der Waals surface area (Å²) in [6, 6.07) is 14.7. The number of thioether (sulfide) groups is 1. The Balaban J connectivity index is 1.84. The number of anilines is 1. The molecule has 0 amide bonds. The van der Waals surface area contributed by atoms with E-state index in [-0.39, 0.29) is 11.7 Å². The molecule has 10 heteroatoms. The number of aromatic nitrogens is 3. The molecule has 0 aliphatic carbocycles. The Morgan fingerprint density at radius 2 is 1.84 bits per heavy atom. The number of rotatable bonds is 7. The predicted molar refractivity (Wildman–Crippen MR) is 120 cm³/mol.